The molecule has 0 fully saturated rings. The van der Waals surface area contributed by atoms with Crippen LogP contribution in [0, 0.1) is 0 Å². The number of nitrogens with zero attached hydrogens (tertiary/aromatic N) is 1. The SMILES string of the molecule is CCCCNC(=O)[C@@H](Cc1ccccc1)N(Cc1cccc(Cl)c1)C(=O)Cc1ccccc1Cl. The lowest BCUT2D eigenvalue weighted by atomic mass is 10.0. The minimum Gasteiger partial charge on any atom is -0.354 e. The number of carbonyl (C=O) groups excluding carboxylic acids is 2. The van der Waals surface area contributed by atoms with E-state index in [-0.39, 0.29) is 24.8 Å². The third-order valence-corrected chi connectivity index (χ3v) is 6.25. The highest BCUT2D eigenvalue weighted by atomic mass is 35.5. The third kappa shape index (κ3) is 7.61. The van der Waals surface area contributed by atoms with Gasteiger partial charge in [0.1, 0.15) is 6.04 Å². The average Bonchev–Trinajstić information content (AvgIpc) is 2.83. The molecule has 0 saturated carbocycles. The largest absolute Gasteiger partial charge is 0.354 e. The molecule has 0 saturated heterocycles. The lowest BCUT2D eigenvalue weighted by molar-refractivity contribution is -0.140. The van der Waals surface area contributed by atoms with Crippen molar-refractivity contribution in [3.05, 3.63) is 106 Å². The number of halogens is 2. The van der Waals surface area contributed by atoms with Gasteiger partial charge in [-0.25, -0.2) is 0 Å². The second-order valence-electron chi connectivity index (χ2n) is 8.27. The quantitative estimate of drug-likeness (QED) is 0.326. The zero-order valence-electron chi connectivity index (χ0n) is 19.3. The molecule has 3 rings (SSSR count). The van der Waals surface area contributed by atoms with Crippen LogP contribution in [-0.4, -0.2) is 29.3 Å². The maximum atomic E-state index is 13.7. The summed E-state index contributed by atoms with van der Waals surface area (Å²) in [6, 6.07) is 23.8. The van der Waals surface area contributed by atoms with Crippen LogP contribution in [-0.2, 0) is 29.0 Å². The van der Waals surface area contributed by atoms with Gasteiger partial charge >= 0.3 is 0 Å². The van der Waals surface area contributed by atoms with Gasteiger partial charge in [0.25, 0.3) is 0 Å². The predicted octanol–water partition coefficient (Wildman–Crippen LogP) is 6.09. The molecule has 0 radical (unpaired) electrons. The van der Waals surface area contributed by atoms with Gasteiger partial charge in [0, 0.05) is 29.6 Å². The van der Waals surface area contributed by atoms with Crippen LogP contribution in [0.2, 0.25) is 10.0 Å². The highest BCUT2D eigenvalue weighted by Gasteiger charge is 2.30. The topological polar surface area (TPSA) is 49.4 Å². The van der Waals surface area contributed by atoms with Crippen molar-refractivity contribution in [1.82, 2.24) is 10.2 Å². The number of unbranched alkanes of at least 4 members (excludes halogenated alkanes) is 1. The van der Waals surface area contributed by atoms with Crippen molar-refractivity contribution in [3.63, 3.8) is 0 Å². The van der Waals surface area contributed by atoms with Gasteiger partial charge in [0.2, 0.25) is 11.8 Å². The van der Waals surface area contributed by atoms with Gasteiger partial charge in [0.05, 0.1) is 6.42 Å². The number of rotatable bonds is 11. The molecule has 4 nitrogen and oxygen atoms in total. The van der Waals surface area contributed by atoms with Gasteiger partial charge in [-0.15, -0.1) is 0 Å². The van der Waals surface area contributed by atoms with Gasteiger partial charge in [-0.05, 0) is 41.3 Å². The van der Waals surface area contributed by atoms with E-state index in [1.807, 2.05) is 66.7 Å². The van der Waals surface area contributed by atoms with E-state index in [4.69, 9.17) is 23.2 Å². The molecule has 0 aliphatic carbocycles. The van der Waals surface area contributed by atoms with E-state index < -0.39 is 6.04 Å². The molecule has 0 aromatic heterocycles. The molecule has 3 aromatic rings. The van der Waals surface area contributed by atoms with Crippen LogP contribution in [0.4, 0.5) is 0 Å². The van der Waals surface area contributed by atoms with Crippen LogP contribution in [0.25, 0.3) is 0 Å². The van der Waals surface area contributed by atoms with Crippen LogP contribution in [0.15, 0.2) is 78.9 Å². The van der Waals surface area contributed by atoms with E-state index in [9.17, 15) is 9.59 Å². The van der Waals surface area contributed by atoms with Crippen LogP contribution in [0.5, 0.6) is 0 Å². The fraction of sp³-hybridized carbons (Fsp3) is 0.286. The Balaban J connectivity index is 1.95. The molecule has 0 spiro atoms. The number of hydrogen-bond acceptors (Lipinski definition) is 2. The summed E-state index contributed by atoms with van der Waals surface area (Å²) in [6.45, 7) is 2.92. The standard InChI is InChI=1S/C28H30Cl2N2O2/c1-2-3-16-31-28(34)26(18-21-10-5-4-6-11-21)32(20-22-12-9-14-24(29)17-22)27(33)19-23-13-7-8-15-25(23)30/h4-15,17,26H,2-3,16,18-20H2,1H3,(H,31,34)/t26-/m1/s1. The van der Waals surface area contributed by atoms with E-state index in [0.29, 0.717) is 23.0 Å². The van der Waals surface area contributed by atoms with Crippen molar-refractivity contribution in [1.29, 1.82) is 0 Å². The minimum absolute atomic E-state index is 0.105. The molecule has 34 heavy (non-hydrogen) atoms. The lowest BCUT2D eigenvalue weighted by Crippen LogP contribution is -2.51. The van der Waals surface area contributed by atoms with E-state index in [1.165, 1.54) is 0 Å². The Labute approximate surface area is 211 Å². The Morgan fingerprint density at radius 2 is 1.62 bits per heavy atom. The van der Waals surface area contributed by atoms with Crippen LogP contribution in [0.3, 0.4) is 0 Å². The number of hydrogen-bond donors (Lipinski definition) is 1. The van der Waals surface area contributed by atoms with E-state index in [0.717, 1.165) is 29.5 Å². The first-order chi connectivity index (χ1) is 16.5. The third-order valence-electron chi connectivity index (χ3n) is 5.64. The first kappa shape index (κ1) is 25.8. The van der Waals surface area contributed by atoms with Crippen LogP contribution < -0.4 is 5.32 Å². The number of nitrogens with one attached hydrogen (secondary N) is 1. The highest BCUT2D eigenvalue weighted by molar-refractivity contribution is 6.31. The second-order valence-corrected chi connectivity index (χ2v) is 9.11. The molecule has 0 unspecified atom stereocenters. The number of amides is 2. The molecule has 0 aliphatic heterocycles. The molecular formula is C28H30Cl2N2O2. The highest BCUT2D eigenvalue weighted by Crippen LogP contribution is 2.21. The van der Waals surface area contributed by atoms with Crippen LogP contribution in [0.1, 0.15) is 36.5 Å². The first-order valence-corrected chi connectivity index (χ1v) is 12.3. The lowest BCUT2D eigenvalue weighted by Gasteiger charge is -2.32. The molecule has 6 heteroatoms. The Hall–Kier alpha value is -2.82. The number of carbonyl (C=O) groups is 2. The summed E-state index contributed by atoms with van der Waals surface area (Å²) in [5, 5.41) is 4.15. The van der Waals surface area contributed by atoms with Crippen molar-refractivity contribution in [2.45, 2.75) is 45.2 Å². The molecule has 1 atom stereocenters. The molecular weight excluding hydrogens is 467 g/mol. The van der Waals surface area contributed by atoms with Crippen molar-refractivity contribution < 1.29 is 9.59 Å². The van der Waals surface area contributed by atoms with Gasteiger partial charge in [-0.3, -0.25) is 9.59 Å². The summed E-state index contributed by atoms with van der Waals surface area (Å²) >= 11 is 12.6. The molecule has 0 heterocycles. The fourth-order valence-corrected chi connectivity index (χ4v) is 4.21. The summed E-state index contributed by atoms with van der Waals surface area (Å²) in [5.41, 5.74) is 2.58. The van der Waals surface area contributed by atoms with E-state index >= 15 is 0 Å². The van der Waals surface area contributed by atoms with Gasteiger partial charge < -0.3 is 10.2 Å². The zero-order valence-corrected chi connectivity index (χ0v) is 20.9. The van der Waals surface area contributed by atoms with Crippen molar-refractivity contribution in [2.24, 2.45) is 0 Å². The summed E-state index contributed by atoms with van der Waals surface area (Å²) in [6.07, 6.45) is 2.37. The average molecular weight is 497 g/mol. The summed E-state index contributed by atoms with van der Waals surface area (Å²) in [7, 11) is 0. The monoisotopic (exact) mass is 496 g/mol. The molecule has 3 aromatic carbocycles. The van der Waals surface area contributed by atoms with E-state index in [2.05, 4.69) is 12.2 Å². The van der Waals surface area contributed by atoms with Gasteiger partial charge in [-0.1, -0.05) is 97.2 Å². The van der Waals surface area contributed by atoms with Crippen molar-refractivity contribution >= 4 is 35.0 Å². The molecule has 2 amide bonds. The van der Waals surface area contributed by atoms with Gasteiger partial charge in [0.15, 0.2) is 0 Å². The second kappa shape index (κ2) is 13.2. The van der Waals surface area contributed by atoms with E-state index in [1.54, 1.807) is 17.0 Å². The molecule has 1 N–H and O–H groups in total. The molecule has 178 valence electrons. The summed E-state index contributed by atoms with van der Waals surface area (Å²) in [4.78, 5) is 28.7. The Kier molecular flexibility index (Phi) is 9.99. The molecule has 0 aliphatic rings. The maximum absolute atomic E-state index is 13.7. The Bertz CT molecular complexity index is 1090. The summed E-state index contributed by atoms with van der Waals surface area (Å²) in [5.74, 6) is -0.327. The first-order valence-electron chi connectivity index (χ1n) is 11.6. The van der Waals surface area contributed by atoms with Crippen molar-refractivity contribution in [3.8, 4) is 0 Å². The normalized spacial score (nSPS) is 11.6. The zero-order chi connectivity index (χ0) is 24.3. The van der Waals surface area contributed by atoms with Crippen molar-refractivity contribution in [2.75, 3.05) is 6.54 Å². The maximum Gasteiger partial charge on any atom is 0.243 e. The van der Waals surface area contributed by atoms with Gasteiger partial charge in [-0.2, -0.15) is 0 Å². The minimum atomic E-state index is -0.673. The number of benzene rings is 3. The summed E-state index contributed by atoms with van der Waals surface area (Å²) < 4.78 is 0. The smallest absolute Gasteiger partial charge is 0.243 e. The Morgan fingerprint density at radius 3 is 2.32 bits per heavy atom. The predicted molar refractivity (Wildman–Crippen MR) is 139 cm³/mol. The molecule has 0 bridgehead atoms. The van der Waals surface area contributed by atoms with Crippen LogP contribution >= 0.6 is 23.2 Å². The fourth-order valence-electron chi connectivity index (χ4n) is 3.80. The Morgan fingerprint density at radius 1 is 0.912 bits per heavy atom.